The van der Waals surface area contributed by atoms with Crippen LogP contribution in [0.15, 0.2) is 54.6 Å². The van der Waals surface area contributed by atoms with Gasteiger partial charge >= 0.3 is 11.9 Å². The Bertz CT molecular complexity index is 736. The van der Waals surface area contributed by atoms with E-state index in [9.17, 15) is 9.59 Å². The van der Waals surface area contributed by atoms with Crippen molar-refractivity contribution in [2.75, 3.05) is 0 Å². The van der Waals surface area contributed by atoms with E-state index in [1.54, 1.807) is 36.4 Å². The van der Waals surface area contributed by atoms with E-state index < -0.39 is 11.9 Å². The Morgan fingerprint density at radius 1 is 0.692 bits per heavy atom. The molecule has 8 heteroatoms. The fourth-order valence-corrected chi connectivity index (χ4v) is 2.09. The molecule has 0 saturated carbocycles. The molecule has 8 nitrogen and oxygen atoms in total. The van der Waals surface area contributed by atoms with Crippen molar-refractivity contribution in [1.82, 2.24) is 0 Å². The third kappa shape index (κ3) is 5.64. The van der Waals surface area contributed by atoms with Gasteiger partial charge in [-0.3, -0.25) is 9.78 Å². The summed E-state index contributed by atoms with van der Waals surface area (Å²) in [6, 6.07) is 14.9. The fraction of sp³-hybridized carbons (Fsp3) is 0.222. The highest BCUT2D eigenvalue weighted by atomic mass is 17.8. The summed E-state index contributed by atoms with van der Waals surface area (Å²) in [5.41, 5.74) is 1.03. The molecule has 0 aliphatic carbocycles. The lowest BCUT2D eigenvalue weighted by atomic mass is 9.84. The van der Waals surface area contributed by atoms with Crippen LogP contribution in [0.5, 0.6) is 0 Å². The first kappa shape index (κ1) is 19.5. The van der Waals surface area contributed by atoms with E-state index in [0.29, 0.717) is 5.56 Å². The minimum absolute atomic E-state index is 0.238. The van der Waals surface area contributed by atoms with Crippen molar-refractivity contribution < 1.29 is 39.5 Å². The summed E-state index contributed by atoms with van der Waals surface area (Å²) in [4.78, 5) is 32.2. The third-order valence-corrected chi connectivity index (χ3v) is 3.27. The van der Waals surface area contributed by atoms with Gasteiger partial charge in [-0.2, -0.15) is 0 Å². The number of carbonyl (C=O) groups excluding carboxylic acids is 2. The number of benzene rings is 2. The van der Waals surface area contributed by atoms with Crippen LogP contribution in [0.3, 0.4) is 0 Å². The van der Waals surface area contributed by atoms with Gasteiger partial charge in [-0.1, -0.05) is 57.2 Å². The van der Waals surface area contributed by atoms with E-state index in [1.165, 1.54) is 12.1 Å². The quantitative estimate of drug-likeness (QED) is 0.419. The van der Waals surface area contributed by atoms with Gasteiger partial charge in [0.2, 0.25) is 0 Å². The molecule has 26 heavy (non-hydrogen) atoms. The van der Waals surface area contributed by atoms with Gasteiger partial charge in [-0.25, -0.2) is 9.59 Å². The Morgan fingerprint density at radius 2 is 1.23 bits per heavy atom. The second-order valence-electron chi connectivity index (χ2n) is 6.18. The molecule has 0 radical (unpaired) electrons. The Hall–Kier alpha value is -2.78. The highest BCUT2D eigenvalue weighted by molar-refractivity contribution is 5.91. The molecule has 0 bridgehead atoms. The first-order valence-electron chi connectivity index (χ1n) is 7.64. The Morgan fingerprint density at radius 3 is 1.85 bits per heavy atom. The van der Waals surface area contributed by atoms with Crippen molar-refractivity contribution in [3.8, 4) is 0 Å². The van der Waals surface area contributed by atoms with Crippen LogP contribution in [0.4, 0.5) is 0 Å². The van der Waals surface area contributed by atoms with Crippen LogP contribution in [-0.2, 0) is 35.3 Å². The van der Waals surface area contributed by atoms with Gasteiger partial charge in [-0.05, 0) is 29.2 Å². The maximum atomic E-state index is 12.0. The van der Waals surface area contributed by atoms with Gasteiger partial charge in [0, 0.05) is 20.2 Å². The lowest BCUT2D eigenvalue weighted by Crippen LogP contribution is -2.18. The number of rotatable bonds is 7. The van der Waals surface area contributed by atoms with Crippen LogP contribution in [0.25, 0.3) is 0 Å². The highest BCUT2D eigenvalue weighted by Crippen LogP contribution is 2.26. The SMILES string of the molecule is CC(C)(C)c1ccccc1C(=O)OOOOOOC(=O)c1ccccc1. The molecule has 0 unspecified atom stereocenters. The standard InChI is InChI=1S/C18H18O8/c1-18(2,3)15-12-8-7-11-14(15)17(20)22-24-26-25-23-21-16(19)13-9-5-4-6-10-13/h4-12H,1-3H3. The average molecular weight is 362 g/mol. The Kier molecular flexibility index (Phi) is 6.81. The Labute approximate surface area is 149 Å². The molecule has 0 atom stereocenters. The van der Waals surface area contributed by atoms with Crippen molar-refractivity contribution >= 4 is 11.9 Å². The van der Waals surface area contributed by atoms with Gasteiger partial charge < -0.3 is 0 Å². The van der Waals surface area contributed by atoms with Gasteiger partial charge in [0.1, 0.15) is 0 Å². The van der Waals surface area contributed by atoms with Crippen LogP contribution in [0.1, 0.15) is 47.1 Å². The lowest BCUT2D eigenvalue weighted by Gasteiger charge is -2.21. The molecular weight excluding hydrogens is 344 g/mol. The molecule has 0 N–H and O–H groups in total. The monoisotopic (exact) mass is 362 g/mol. The van der Waals surface area contributed by atoms with Crippen molar-refractivity contribution in [2.24, 2.45) is 0 Å². The summed E-state index contributed by atoms with van der Waals surface area (Å²) < 4.78 is 0. The molecule has 0 heterocycles. The summed E-state index contributed by atoms with van der Waals surface area (Å²) in [5.74, 6) is -1.61. The molecule has 0 amide bonds. The first-order chi connectivity index (χ1) is 12.4. The van der Waals surface area contributed by atoms with Crippen LogP contribution >= 0.6 is 0 Å². The molecule has 0 aromatic heterocycles. The fourth-order valence-electron chi connectivity index (χ4n) is 2.09. The van der Waals surface area contributed by atoms with E-state index in [-0.39, 0.29) is 11.0 Å². The summed E-state index contributed by atoms with van der Waals surface area (Å²) in [6.45, 7) is 5.86. The minimum Gasteiger partial charge on any atom is -0.261 e. The van der Waals surface area contributed by atoms with Crippen molar-refractivity contribution in [3.63, 3.8) is 0 Å². The molecule has 0 spiro atoms. The first-order valence-corrected chi connectivity index (χ1v) is 7.64. The zero-order valence-electron chi connectivity index (χ0n) is 14.5. The normalized spacial score (nSPS) is 11.0. The summed E-state index contributed by atoms with van der Waals surface area (Å²) in [5, 5.41) is 16.1. The van der Waals surface area contributed by atoms with Gasteiger partial charge in [0.15, 0.2) is 0 Å². The molecular formula is C18H18O8. The topological polar surface area (TPSA) is 89.5 Å². The predicted molar refractivity (Wildman–Crippen MR) is 86.8 cm³/mol. The molecule has 0 saturated heterocycles. The second kappa shape index (κ2) is 9.07. The molecule has 0 aliphatic heterocycles. The maximum Gasteiger partial charge on any atom is 0.376 e. The average Bonchev–Trinajstić information content (AvgIpc) is 2.64. The van der Waals surface area contributed by atoms with Crippen LogP contribution in [0, 0.1) is 0 Å². The minimum atomic E-state index is -0.815. The molecule has 2 rings (SSSR count). The van der Waals surface area contributed by atoms with E-state index in [0.717, 1.165) is 5.56 Å². The smallest absolute Gasteiger partial charge is 0.261 e. The number of carbonyl (C=O) groups is 2. The molecule has 0 aliphatic rings. The number of hydrogen-bond donors (Lipinski definition) is 0. The summed E-state index contributed by atoms with van der Waals surface area (Å²) in [7, 11) is 0. The van der Waals surface area contributed by atoms with Crippen molar-refractivity contribution in [1.29, 1.82) is 0 Å². The highest BCUT2D eigenvalue weighted by Gasteiger charge is 2.23. The molecule has 2 aromatic rings. The molecule has 2 aromatic carbocycles. The van der Waals surface area contributed by atoms with Gasteiger partial charge in [0.05, 0.1) is 11.1 Å². The largest absolute Gasteiger partial charge is 0.376 e. The van der Waals surface area contributed by atoms with Gasteiger partial charge in [-0.15, -0.1) is 0 Å². The van der Waals surface area contributed by atoms with Crippen molar-refractivity contribution in [2.45, 2.75) is 26.2 Å². The zero-order chi connectivity index (χ0) is 19.0. The van der Waals surface area contributed by atoms with E-state index in [2.05, 4.69) is 29.9 Å². The van der Waals surface area contributed by atoms with E-state index in [1.807, 2.05) is 26.8 Å². The maximum absolute atomic E-state index is 12.0. The van der Waals surface area contributed by atoms with Gasteiger partial charge in [0.25, 0.3) is 0 Å². The van der Waals surface area contributed by atoms with Crippen LogP contribution in [0.2, 0.25) is 0 Å². The number of hydrogen-bond acceptors (Lipinski definition) is 8. The zero-order valence-corrected chi connectivity index (χ0v) is 14.5. The second-order valence-corrected chi connectivity index (χ2v) is 6.18. The third-order valence-electron chi connectivity index (χ3n) is 3.27. The van der Waals surface area contributed by atoms with Crippen LogP contribution in [-0.4, -0.2) is 11.9 Å². The predicted octanol–water partition coefficient (Wildman–Crippen LogP) is 3.64. The van der Waals surface area contributed by atoms with Crippen LogP contribution < -0.4 is 0 Å². The van der Waals surface area contributed by atoms with E-state index >= 15 is 0 Å². The van der Waals surface area contributed by atoms with E-state index in [4.69, 9.17) is 0 Å². The summed E-state index contributed by atoms with van der Waals surface area (Å²) >= 11 is 0. The van der Waals surface area contributed by atoms with Crippen molar-refractivity contribution in [3.05, 3.63) is 71.3 Å². The lowest BCUT2D eigenvalue weighted by molar-refractivity contribution is -0.740. The molecule has 138 valence electrons. The molecule has 0 fully saturated rings. The summed E-state index contributed by atoms with van der Waals surface area (Å²) in [6.07, 6.45) is 0. The Balaban J connectivity index is 1.72.